The molecule has 0 fully saturated rings. The molecule has 0 aliphatic rings. The Morgan fingerprint density at radius 1 is 1.55 bits per heavy atom. The predicted molar refractivity (Wildman–Crippen MR) is 83.4 cm³/mol. The van der Waals surface area contributed by atoms with Crippen LogP contribution in [0.2, 0.25) is 0 Å². The van der Waals surface area contributed by atoms with Crippen LogP contribution < -0.4 is 5.32 Å². The molecular formula is C14H25N3O2S. The lowest BCUT2D eigenvalue weighted by Gasteiger charge is -2.20. The fourth-order valence-electron chi connectivity index (χ4n) is 1.48. The van der Waals surface area contributed by atoms with Gasteiger partial charge in [0.1, 0.15) is 5.41 Å². The Kier molecular flexibility index (Phi) is 5.95. The number of nitrogens with one attached hydrogen (secondary N) is 1. The molecule has 0 saturated carbocycles. The zero-order valence-corrected chi connectivity index (χ0v) is 14.0. The van der Waals surface area contributed by atoms with Gasteiger partial charge < -0.3 is 15.0 Å². The third-order valence-corrected chi connectivity index (χ3v) is 4.16. The van der Waals surface area contributed by atoms with Crippen LogP contribution in [0.3, 0.4) is 0 Å². The number of thiazole rings is 1. The van der Waals surface area contributed by atoms with Gasteiger partial charge >= 0.3 is 5.97 Å². The summed E-state index contributed by atoms with van der Waals surface area (Å²) in [6, 6.07) is 0.417. The van der Waals surface area contributed by atoms with Gasteiger partial charge in [-0.25, -0.2) is 4.98 Å². The second-order valence-corrected chi connectivity index (χ2v) is 6.44. The summed E-state index contributed by atoms with van der Waals surface area (Å²) in [7, 11) is 4.09. The van der Waals surface area contributed by atoms with Crippen molar-refractivity contribution < 1.29 is 9.53 Å². The molecule has 0 saturated heterocycles. The van der Waals surface area contributed by atoms with E-state index in [2.05, 4.69) is 22.1 Å². The van der Waals surface area contributed by atoms with Crippen LogP contribution in [0.15, 0.2) is 5.38 Å². The van der Waals surface area contributed by atoms with Crippen LogP contribution in [0.4, 0.5) is 5.13 Å². The molecule has 0 spiro atoms. The largest absolute Gasteiger partial charge is 0.465 e. The standard InChI is InChI=1S/C14H25N3O2S/c1-7-19-12(18)14(3,4)11-9-20-13(16-11)15-8-10(2)17(5)6/h9-10H,7-8H2,1-6H3,(H,15,16). The van der Waals surface area contributed by atoms with E-state index in [1.54, 1.807) is 0 Å². The second kappa shape index (κ2) is 7.04. The lowest BCUT2D eigenvalue weighted by Crippen LogP contribution is -2.32. The molecule has 0 amide bonds. The summed E-state index contributed by atoms with van der Waals surface area (Å²) in [5, 5.41) is 6.06. The van der Waals surface area contributed by atoms with E-state index in [1.807, 2.05) is 40.2 Å². The maximum absolute atomic E-state index is 11.9. The predicted octanol–water partition coefficient (Wildman–Crippen LogP) is 2.35. The Balaban J connectivity index is 2.69. The van der Waals surface area contributed by atoms with Gasteiger partial charge in [-0.3, -0.25) is 4.79 Å². The van der Waals surface area contributed by atoms with Crippen molar-refractivity contribution in [3.8, 4) is 0 Å². The van der Waals surface area contributed by atoms with Gasteiger partial charge in [-0.2, -0.15) is 0 Å². The highest BCUT2D eigenvalue weighted by Crippen LogP contribution is 2.28. The number of carbonyl (C=O) groups excluding carboxylic acids is 1. The van der Waals surface area contributed by atoms with Gasteiger partial charge in [-0.15, -0.1) is 11.3 Å². The number of likely N-dealkylation sites (N-methyl/N-ethyl adjacent to an activating group) is 1. The van der Waals surface area contributed by atoms with Crippen molar-refractivity contribution in [2.45, 2.75) is 39.2 Å². The molecular weight excluding hydrogens is 274 g/mol. The van der Waals surface area contributed by atoms with Gasteiger partial charge in [0.15, 0.2) is 5.13 Å². The Morgan fingerprint density at radius 2 is 2.20 bits per heavy atom. The first-order chi connectivity index (χ1) is 9.28. The molecule has 0 aromatic carbocycles. The molecule has 6 heteroatoms. The number of carbonyl (C=O) groups is 1. The Labute approximate surface area is 125 Å². The summed E-state index contributed by atoms with van der Waals surface area (Å²) >= 11 is 1.52. The van der Waals surface area contributed by atoms with Crippen LogP contribution in [0.1, 0.15) is 33.4 Å². The van der Waals surface area contributed by atoms with Crippen LogP contribution >= 0.6 is 11.3 Å². The van der Waals surface area contributed by atoms with E-state index < -0.39 is 5.41 Å². The van der Waals surface area contributed by atoms with Crippen molar-refractivity contribution in [3.63, 3.8) is 0 Å². The quantitative estimate of drug-likeness (QED) is 0.783. The highest BCUT2D eigenvalue weighted by molar-refractivity contribution is 7.13. The lowest BCUT2D eigenvalue weighted by molar-refractivity contribution is -0.148. The molecule has 0 aliphatic heterocycles. The molecule has 0 radical (unpaired) electrons. The van der Waals surface area contributed by atoms with Gasteiger partial charge in [-0.1, -0.05) is 0 Å². The summed E-state index contributed by atoms with van der Waals surface area (Å²) in [4.78, 5) is 18.6. The average molecular weight is 299 g/mol. The number of hydrogen-bond acceptors (Lipinski definition) is 6. The summed E-state index contributed by atoms with van der Waals surface area (Å²) < 4.78 is 5.10. The fourth-order valence-corrected chi connectivity index (χ4v) is 2.36. The smallest absolute Gasteiger partial charge is 0.317 e. The van der Waals surface area contributed by atoms with Crippen molar-refractivity contribution in [3.05, 3.63) is 11.1 Å². The lowest BCUT2D eigenvalue weighted by atomic mass is 9.90. The van der Waals surface area contributed by atoms with Crippen molar-refractivity contribution >= 4 is 22.4 Å². The van der Waals surface area contributed by atoms with Gasteiger partial charge in [0.2, 0.25) is 0 Å². The van der Waals surface area contributed by atoms with Gasteiger partial charge in [0, 0.05) is 18.0 Å². The summed E-state index contributed by atoms with van der Waals surface area (Å²) in [6.45, 7) is 8.84. The highest BCUT2D eigenvalue weighted by atomic mass is 32.1. The molecule has 1 aromatic rings. The van der Waals surface area contributed by atoms with Gasteiger partial charge in [0.25, 0.3) is 0 Å². The molecule has 0 aliphatic carbocycles. The van der Waals surface area contributed by atoms with E-state index in [0.29, 0.717) is 12.6 Å². The highest BCUT2D eigenvalue weighted by Gasteiger charge is 2.33. The third kappa shape index (κ3) is 4.18. The average Bonchev–Trinajstić information content (AvgIpc) is 2.85. The zero-order valence-electron chi connectivity index (χ0n) is 13.2. The number of esters is 1. The van der Waals surface area contributed by atoms with Gasteiger partial charge in [0.05, 0.1) is 12.3 Å². The van der Waals surface area contributed by atoms with Crippen molar-refractivity contribution in [1.29, 1.82) is 0 Å². The van der Waals surface area contributed by atoms with E-state index in [1.165, 1.54) is 11.3 Å². The Bertz CT molecular complexity index is 443. The molecule has 1 unspecified atom stereocenters. The number of anilines is 1. The minimum atomic E-state index is -0.709. The van der Waals surface area contributed by atoms with Crippen LogP contribution in [-0.4, -0.2) is 49.1 Å². The van der Waals surface area contributed by atoms with Gasteiger partial charge in [-0.05, 0) is 41.8 Å². The molecule has 0 bridgehead atoms. The van der Waals surface area contributed by atoms with E-state index in [-0.39, 0.29) is 5.97 Å². The molecule has 1 N–H and O–H groups in total. The molecule has 5 nitrogen and oxygen atoms in total. The number of hydrogen-bond donors (Lipinski definition) is 1. The monoisotopic (exact) mass is 299 g/mol. The van der Waals surface area contributed by atoms with Crippen molar-refractivity contribution in [1.82, 2.24) is 9.88 Å². The SMILES string of the molecule is CCOC(=O)C(C)(C)c1csc(NCC(C)N(C)C)n1. The molecule has 1 atom stereocenters. The minimum Gasteiger partial charge on any atom is -0.465 e. The maximum Gasteiger partial charge on any atom is 0.317 e. The summed E-state index contributed by atoms with van der Waals surface area (Å²) in [6.07, 6.45) is 0. The fraction of sp³-hybridized carbons (Fsp3) is 0.714. The summed E-state index contributed by atoms with van der Waals surface area (Å²) in [5.74, 6) is -0.237. The van der Waals surface area contributed by atoms with E-state index in [9.17, 15) is 4.79 Å². The van der Waals surface area contributed by atoms with E-state index in [4.69, 9.17) is 4.74 Å². The zero-order chi connectivity index (χ0) is 15.3. The van der Waals surface area contributed by atoms with Crippen molar-refractivity contribution in [2.24, 2.45) is 0 Å². The normalized spacial score (nSPS) is 13.3. The molecule has 1 aromatic heterocycles. The number of ether oxygens (including phenoxy) is 1. The topological polar surface area (TPSA) is 54.5 Å². The first kappa shape index (κ1) is 16.9. The first-order valence-corrected chi connectivity index (χ1v) is 7.70. The Hall–Kier alpha value is -1.14. The van der Waals surface area contributed by atoms with Crippen LogP contribution in [-0.2, 0) is 14.9 Å². The van der Waals surface area contributed by atoms with Crippen molar-refractivity contribution in [2.75, 3.05) is 32.6 Å². The second-order valence-electron chi connectivity index (χ2n) is 5.58. The number of rotatable bonds is 7. The Morgan fingerprint density at radius 3 is 2.75 bits per heavy atom. The maximum atomic E-state index is 11.9. The molecule has 1 heterocycles. The van der Waals surface area contributed by atoms with Crippen LogP contribution in [0.25, 0.3) is 0 Å². The minimum absolute atomic E-state index is 0.237. The number of aromatic nitrogens is 1. The van der Waals surface area contributed by atoms with E-state index >= 15 is 0 Å². The molecule has 20 heavy (non-hydrogen) atoms. The van der Waals surface area contributed by atoms with Crippen LogP contribution in [0, 0.1) is 0 Å². The number of nitrogens with zero attached hydrogens (tertiary/aromatic N) is 2. The van der Waals surface area contributed by atoms with Crippen LogP contribution in [0.5, 0.6) is 0 Å². The molecule has 114 valence electrons. The first-order valence-electron chi connectivity index (χ1n) is 6.82. The molecule has 1 rings (SSSR count). The summed E-state index contributed by atoms with van der Waals surface area (Å²) in [5.41, 5.74) is 0.0422. The van der Waals surface area contributed by atoms with E-state index in [0.717, 1.165) is 17.4 Å². The third-order valence-electron chi connectivity index (χ3n) is 3.36.